The van der Waals surface area contributed by atoms with Crippen molar-refractivity contribution in [3.05, 3.63) is 42.2 Å². The van der Waals surface area contributed by atoms with Crippen molar-refractivity contribution in [3.8, 4) is 0 Å². The van der Waals surface area contributed by atoms with Crippen molar-refractivity contribution in [1.82, 2.24) is 15.2 Å². The Morgan fingerprint density at radius 2 is 1.59 bits per heavy atom. The first-order valence-corrected chi connectivity index (χ1v) is 8.51. The van der Waals surface area contributed by atoms with E-state index in [2.05, 4.69) is 10.3 Å². The average Bonchev–Trinajstić information content (AvgIpc) is 3.12. The third-order valence-corrected chi connectivity index (χ3v) is 4.81. The van der Waals surface area contributed by atoms with Crippen LogP contribution in [0.1, 0.15) is 5.69 Å². The number of likely N-dealkylation sites (tertiary alicyclic amines) is 1. The summed E-state index contributed by atoms with van der Waals surface area (Å²) in [7, 11) is 0. The maximum absolute atomic E-state index is 12.9. The Morgan fingerprint density at radius 1 is 1.00 bits per heavy atom. The molecule has 1 N–H and O–H groups in total. The van der Waals surface area contributed by atoms with Crippen LogP contribution < -0.4 is 5.32 Å². The number of carbonyl (C=O) groups is 2. The summed E-state index contributed by atoms with van der Waals surface area (Å²) in [6, 6.07) is 8.78. The molecule has 0 bridgehead atoms. The van der Waals surface area contributed by atoms with Gasteiger partial charge in [-0.25, -0.2) is 0 Å². The van der Waals surface area contributed by atoms with Crippen LogP contribution in [0.5, 0.6) is 0 Å². The minimum Gasteiger partial charge on any atom is -0.342 e. The molecule has 1 fully saturated rings. The van der Waals surface area contributed by atoms with Gasteiger partial charge in [-0.2, -0.15) is 26.3 Å². The molecule has 156 valence electrons. The monoisotopic (exact) mass is 419 g/mol. The molecule has 2 amide bonds. The molecule has 1 aliphatic rings. The fraction of sp³-hybridized carbons (Fsp3) is 0.389. The Bertz CT molecular complexity index is 900. The van der Waals surface area contributed by atoms with Crippen molar-refractivity contribution < 1.29 is 35.9 Å². The van der Waals surface area contributed by atoms with E-state index in [1.807, 2.05) is 0 Å². The zero-order valence-corrected chi connectivity index (χ0v) is 14.7. The fourth-order valence-electron chi connectivity index (χ4n) is 3.34. The van der Waals surface area contributed by atoms with Gasteiger partial charge in [-0.15, -0.1) is 0 Å². The maximum atomic E-state index is 12.9. The molecule has 0 spiro atoms. The van der Waals surface area contributed by atoms with E-state index in [4.69, 9.17) is 0 Å². The van der Waals surface area contributed by atoms with Crippen molar-refractivity contribution in [2.24, 2.45) is 11.8 Å². The SMILES string of the molecule is O=C(NCc1nccc2ccccc12)C(=O)N1C[C@@H](C(F)(F)F)[C@@H](C(F)(F)F)C1. The highest BCUT2D eigenvalue weighted by molar-refractivity contribution is 6.35. The van der Waals surface area contributed by atoms with E-state index in [9.17, 15) is 35.9 Å². The van der Waals surface area contributed by atoms with Crippen LogP contribution in [0, 0.1) is 11.8 Å². The van der Waals surface area contributed by atoms with Crippen LogP contribution in [-0.2, 0) is 16.1 Å². The highest BCUT2D eigenvalue weighted by Crippen LogP contribution is 2.45. The lowest BCUT2D eigenvalue weighted by Crippen LogP contribution is -2.42. The molecule has 3 rings (SSSR count). The van der Waals surface area contributed by atoms with Gasteiger partial charge in [0.05, 0.1) is 24.1 Å². The van der Waals surface area contributed by atoms with Crippen molar-refractivity contribution in [2.45, 2.75) is 18.9 Å². The number of carbonyl (C=O) groups excluding carboxylic acids is 2. The number of benzene rings is 1. The summed E-state index contributed by atoms with van der Waals surface area (Å²) in [4.78, 5) is 28.6. The third-order valence-electron chi connectivity index (χ3n) is 4.81. The van der Waals surface area contributed by atoms with Crippen molar-refractivity contribution >= 4 is 22.6 Å². The van der Waals surface area contributed by atoms with Gasteiger partial charge in [0.25, 0.3) is 0 Å². The number of hydrogen-bond donors (Lipinski definition) is 1. The lowest BCUT2D eigenvalue weighted by atomic mass is 9.95. The first kappa shape index (κ1) is 20.9. The number of nitrogens with zero attached hydrogens (tertiary/aromatic N) is 2. The second-order valence-corrected chi connectivity index (χ2v) is 6.67. The van der Waals surface area contributed by atoms with Gasteiger partial charge in [-0.1, -0.05) is 24.3 Å². The lowest BCUT2D eigenvalue weighted by molar-refractivity contribution is -0.239. The van der Waals surface area contributed by atoms with Crippen LogP contribution in [0.3, 0.4) is 0 Å². The molecule has 1 aromatic heterocycles. The second kappa shape index (κ2) is 7.53. The van der Waals surface area contributed by atoms with E-state index in [-0.39, 0.29) is 6.54 Å². The third kappa shape index (κ3) is 4.43. The van der Waals surface area contributed by atoms with E-state index < -0.39 is 49.1 Å². The molecule has 2 aromatic rings. The zero-order chi connectivity index (χ0) is 21.4. The van der Waals surface area contributed by atoms with Gasteiger partial charge in [0.1, 0.15) is 0 Å². The molecular weight excluding hydrogens is 404 g/mol. The number of nitrogens with one attached hydrogen (secondary N) is 1. The van der Waals surface area contributed by atoms with Gasteiger partial charge in [-0.3, -0.25) is 14.6 Å². The number of aromatic nitrogens is 1. The van der Waals surface area contributed by atoms with Crippen LogP contribution in [0.25, 0.3) is 10.8 Å². The van der Waals surface area contributed by atoms with E-state index >= 15 is 0 Å². The summed E-state index contributed by atoms with van der Waals surface area (Å²) in [6.07, 6.45) is -8.80. The number of halogens is 6. The molecule has 2 atom stereocenters. The second-order valence-electron chi connectivity index (χ2n) is 6.67. The van der Waals surface area contributed by atoms with Crippen LogP contribution in [0.4, 0.5) is 26.3 Å². The molecule has 11 heteroatoms. The molecule has 0 saturated carbocycles. The predicted octanol–water partition coefficient (Wildman–Crippen LogP) is 3.05. The molecule has 2 heterocycles. The number of amides is 2. The fourth-order valence-corrected chi connectivity index (χ4v) is 3.34. The van der Waals surface area contributed by atoms with E-state index in [0.29, 0.717) is 16.0 Å². The smallest absolute Gasteiger partial charge is 0.342 e. The molecule has 1 saturated heterocycles. The van der Waals surface area contributed by atoms with Crippen LogP contribution in [0.2, 0.25) is 0 Å². The van der Waals surface area contributed by atoms with Crippen LogP contribution >= 0.6 is 0 Å². The quantitative estimate of drug-likeness (QED) is 0.601. The highest BCUT2D eigenvalue weighted by Gasteiger charge is 2.60. The largest absolute Gasteiger partial charge is 0.394 e. The topological polar surface area (TPSA) is 62.3 Å². The zero-order valence-electron chi connectivity index (χ0n) is 14.7. The molecule has 1 aliphatic heterocycles. The number of alkyl halides is 6. The minimum atomic E-state index is -5.14. The van der Waals surface area contributed by atoms with Crippen molar-refractivity contribution in [3.63, 3.8) is 0 Å². The van der Waals surface area contributed by atoms with Gasteiger partial charge < -0.3 is 10.2 Å². The summed E-state index contributed by atoms with van der Waals surface area (Å²) in [5.74, 6) is -8.26. The molecular formula is C18H15F6N3O2. The van der Waals surface area contributed by atoms with E-state index in [0.717, 1.165) is 5.39 Å². The Balaban J connectivity index is 1.69. The molecule has 0 unspecified atom stereocenters. The predicted molar refractivity (Wildman–Crippen MR) is 89.3 cm³/mol. The standard InChI is InChI=1S/C18H15F6N3O2/c19-17(20,21)12-8-27(9-13(12)18(22,23)24)16(29)15(28)26-7-14-11-4-2-1-3-10(11)5-6-25-14/h1-6,12-13H,7-9H2,(H,26,28)/t12-,13+. The molecule has 0 aliphatic carbocycles. The lowest BCUT2D eigenvalue weighted by Gasteiger charge is -2.22. The Hall–Kier alpha value is -2.85. The first-order valence-electron chi connectivity index (χ1n) is 8.51. The summed E-state index contributed by atoms with van der Waals surface area (Å²) in [6.45, 7) is -2.63. The summed E-state index contributed by atoms with van der Waals surface area (Å²) < 4.78 is 77.7. The van der Waals surface area contributed by atoms with Gasteiger partial charge in [0.15, 0.2) is 0 Å². The minimum absolute atomic E-state index is 0.203. The average molecular weight is 419 g/mol. The number of pyridine rings is 1. The molecule has 5 nitrogen and oxygen atoms in total. The Morgan fingerprint density at radius 3 is 2.17 bits per heavy atom. The summed E-state index contributed by atoms with van der Waals surface area (Å²) >= 11 is 0. The van der Waals surface area contributed by atoms with Gasteiger partial charge in [0, 0.05) is 24.7 Å². The van der Waals surface area contributed by atoms with Gasteiger partial charge in [0.2, 0.25) is 0 Å². The molecule has 1 aromatic carbocycles. The Kier molecular flexibility index (Phi) is 5.42. The van der Waals surface area contributed by atoms with E-state index in [1.54, 1.807) is 30.3 Å². The van der Waals surface area contributed by atoms with Gasteiger partial charge in [-0.05, 0) is 11.5 Å². The molecule has 0 radical (unpaired) electrons. The first-order chi connectivity index (χ1) is 13.5. The van der Waals surface area contributed by atoms with E-state index in [1.165, 1.54) is 6.20 Å². The Labute approximate surface area is 160 Å². The summed E-state index contributed by atoms with van der Waals surface area (Å²) in [5.41, 5.74) is 0.409. The summed E-state index contributed by atoms with van der Waals surface area (Å²) in [5, 5.41) is 3.73. The highest BCUT2D eigenvalue weighted by atomic mass is 19.4. The number of fused-ring (bicyclic) bond motifs is 1. The van der Waals surface area contributed by atoms with Crippen molar-refractivity contribution in [2.75, 3.05) is 13.1 Å². The normalized spacial score (nSPS) is 20.1. The maximum Gasteiger partial charge on any atom is 0.394 e. The molecule has 29 heavy (non-hydrogen) atoms. The van der Waals surface area contributed by atoms with Crippen LogP contribution in [0.15, 0.2) is 36.5 Å². The number of rotatable bonds is 2. The number of hydrogen-bond acceptors (Lipinski definition) is 3. The van der Waals surface area contributed by atoms with Crippen LogP contribution in [-0.4, -0.2) is 47.1 Å². The van der Waals surface area contributed by atoms with Crippen molar-refractivity contribution in [1.29, 1.82) is 0 Å². The van der Waals surface area contributed by atoms with Gasteiger partial charge >= 0.3 is 24.2 Å².